The van der Waals surface area contributed by atoms with Gasteiger partial charge in [0.15, 0.2) is 0 Å². The minimum absolute atomic E-state index is 0.152. The second-order valence-corrected chi connectivity index (χ2v) is 6.75. The monoisotopic (exact) mass is 383 g/mol. The van der Waals surface area contributed by atoms with Crippen molar-refractivity contribution in [3.63, 3.8) is 0 Å². The minimum atomic E-state index is -0.299. The van der Waals surface area contributed by atoms with E-state index in [0.717, 1.165) is 37.3 Å². The molecule has 0 radical (unpaired) electrons. The zero-order valence-electron chi connectivity index (χ0n) is 14.5. The van der Waals surface area contributed by atoms with E-state index in [1.807, 2.05) is 13.0 Å². The third-order valence-electron chi connectivity index (χ3n) is 3.83. The average Bonchev–Trinajstić information content (AvgIpc) is 2.57. The molecule has 3 nitrogen and oxygen atoms in total. The normalized spacial score (nSPS) is 12.0. The lowest BCUT2D eigenvalue weighted by Gasteiger charge is -2.18. The van der Waals surface area contributed by atoms with Crippen molar-refractivity contribution in [1.82, 2.24) is 5.32 Å². The highest BCUT2D eigenvalue weighted by Crippen LogP contribution is 2.30. The topological polar surface area (TPSA) is 36.1 Å². The Morgan fingerprint density at radius 2 is 1.84 bits per heavy atom. The summed E-state index contributed by atoms with van der Waals surface area (Å²) in [7, 11) is 0. The third-order valence-corrected chi connectivity index (χ3v) is 4.39. The third kappa shape index (κ3) is 6.07. The van der Waals surface area contributed by atoms with Crippen molar-refractivity contribution in [3.8, 4) is 0 Å². The van der Waals surface area contributed by atoms with Crippen LogP contribution in [0.25, 0.3) is 0 Å². The van der Waals surface area contributed by atoms with E-state index in [-0.39, 0.29) is 11.9 Å². The average molecular weight is 384 g/mol. The number of hydrogen-bond acceptors (Lipinski definition) is 3. The first-order chi connectivity index (χ1) is 12.0. The predicted octanol–water partition coefficient (Wildman–Crippen LogP) is 5.72. The summed E-state index contributed by atoms with van der Waals surface area (Å²) in [5, 5.41) is 10.9. The van der Waals surface area contributed by atoms with E-state index in [9.17, 15) is 4.39 Å². The molecule has 2 aromatic rings. The van der Waals surface area contributed by atoms with Gasteiger partial charge in [0.25, 0.3) is 0 Å². The Morgan fingerprint density at radius 3 is 2.56 bits per heavy atom. The Bertz CT molecular complexity index is 694. The highest BCUT2D eigenvalue weighted by Gasteiger charge is 2.12. The molecule has 0 aromatic heterocycles. The molecule has 0 bridgehead atoms. The Labute approximate surface area is 158 Å². The van der Waals surface area contributed by atoms with Crippen LogP contribution >= 0.6 is 23.2 Å². The van der Waals surface area contributed by atoms with Crippen molar-refractivity contribution < 1.29 is 4.39 Å². The fraction of sp³-hybridized carbons (Fsp3) is 0.368. The van der Waals surface area contributed by atoms with Crippen LogP contribution in [0.3, 0.4) is 0 Å². The van der Waals surface area contributed by atoms with Gasteiger partial charge >= 0.3 is 0 Å². The van der Waals surface area contributed by atoms with E-state index >= 15 is 0 Å². The van der Waals surface area contributed by atoms with E-state index in [4.69, 9.17) is 23.2 Å². The zero-order valence-corrected chi connectivity index (χ0v) is 16.0. The number of halogens is 3. The van der Waals surface area contributed by atoms with E-state index in [1.165, 1.54) is 6.07 Å². The molecule has 2 aromatic carbocycles. The molecule has 136 valence electrons. The van der Waals surface area contributed by atoms with Crippen LogP contribution in [0.15, 0.2) is 36.4 Å². The van der Waals surface area contributed by atoms with Gasteiger partial charge in [0.05, 0.1) is 11.7 Å². The molecule has 0 aliphatic carbocycles. The number of nitrogens with one attached hydrogen (secondary N) is 3. The highest BCUT2D eigenvalue weighted by atomic mass is 35.5. The molecular formula is C19H24Cl2FN3. The molecule has 0 spiro atoms. The largest absolute Gasteiger partial charge is 0.384 e. The molecule has 1 unspecified atom stereocenters. The van der Waals surface area contributed by atoms with E-state index in [1.54, 1.807) is 24.3 Å². The number of hydrogen-bond donors (Lipinski definition) is 3. The van der Waals surface area contributed by atoms with Crippen molar-refractivity contribution in [2.24, 2.45) is 0 Å². The number of benzene rings is 2. The summed E-state index contributed by atoms with van der Waals surface area (Å²) in [5.74, 6) is -0.299. The molecule has 0 heterocycles. The number of rotatable bonds is 9. The maximum Gasteiger partial charge on any atom is 0.146 e. The maximum absolute atomic E-state index is 14.1. The second-order valence-electron chi connectivity index (χ2n) is 5.90. The standard InChI is InChI=1S/C19H24Cl2FN3/c1-3-8-23-9-10-24-15-5-7-18(22)19(12-15)25-13(2)16-6-4-14(20)11-17(16)21/h4-7,11-13,23-25H,3,8-10H2,1-2H3. The summed E-state index contributed by atoms with van der Waals surface area (Å²) in [6.07, 6.45) is 1.11. The van der Waals surface area contributed by atoms with Crippen LogP contribution in [-0.4, -0.2) is 19.6 Å². The quantitative estimate of drug-likeness (QED) is 0.484. The lowest BCUT2D eigenvalue weighted by molar-refractivity contribution is 0.627. The van der Waals surface area contributed by atoms with Crippen molar-refractivity contribution in [1.29, 1.82) is 0 Å². The first kappa shape index (κ1) is 19.8. The van der Waals surface area contributed by atoms with Gasteiger partial charge in [-0.15, -0.1) is 0 Å². The van der Waals surface area contributed by atoms with Crippen LogP contribution in [0.2, 0.25) is 10.0 Å². The Kier molecular flexibility index (Phi) is 7.82. The van der Waals surface area contributed by atoms with E-state index in [0.29, 0.717) is 15.7 Å². The Hall–Kier alpha value is -1.49. The van der Waals surface area contributed by atoms with Gasteiger partial charge in [-0.05, 0) is 55.8 Å². The second kappa shape index (κ2) is 9.85. The van der Waals surface area contributed by atoms with Crippen LogP contribution in [0, 0.1) is 5.82 Å². The molecule has 0 saturated carbocycles. The molecule has 0 saturated heterocycles. The fourth-order valence-corrected chi connectivity index (χ4v) is 3.08. The van der Waals surface area contributed by atoms with Crippen LogP contribution in [0.5, 0.6) is 0 Å². The summed E-state index contributed by atoms with van der Waals surface area (Å²) in [4.78, 5) is 0. The zero-order chi connectivity index (χ0) is 18.2. The van der Waals surface area contributed by atoms with Gasteiger partial charge in [0.2, 0.25) is 0 Å². The fourth-order valence-electron chi connectivity index (χ4n) is 2.51. The summed E-state index contributed by atoms with van der Waals surface area (Å²) in [6, 6.07) is 10.1. The molecule has 0 amide bonds. The molecule has 25 heavy (non-hydrogen) atoms. The molecule has 0 fully saturated rings. The van der Waals surface area contributed by atoms with E-state index < -0.39 is 0 Å². The minimum Gasteiger partial charge on any atom is -0.384 e. The molecular weight excluding hydrogens is 360 g/mol. The molecule has 0 aliphatic rings. The predicted molar refractivity (Wildman–Crippen MR) is 107 cm³/mol. The SMILES string of the molecule is CCCNCCNc1ccc(F)c(NC(C)c2ccc(Cl)cc2Cl)c1. The number of anilines is 2. The van der Waals surface area contributed by atoms with Crippen LogP contribution in [0.4, 0.5) is 15.8 Å². The van der Waals surface area contributed by atoms with Crippen LogP contribution in [0.1, 0.15) is 31.9 Å². The Balaban J connectivity index is 2.01. The summed E-state index contributed by atoms with van der Waals surface area (Å²) in [6.45, 7) is 6.71. The maximum atomic E-state index is 14.1. The molecule has 0 aliphatic heterocycles. The first-order valence-corrected chi connectivity index (χ1v) is 9.22. The summed E-state index contributed by atoms with van der Waals surface area (Å²) < 4.78 is 14.1. The molecule has 3 N–H and O–H groups in total. The Morgan fingerprint density at radius 1 is 1.04 bits per heavy atom. The summed E-state index contributed by atoms with van der Waals surface area (Å²) >= 11 is 12.2. The summed E-state index contributed by atoms with van der Waals surface area (Å²) in [5.41, 5.74) is 2.18. The van der Waals surface area contributed by atoms with Gasteiger partial charge in [-0.3, -0.25) is 0 Å². The van der Waals surface area contributed by atoms with Crippen molar-refractivity contribution in [2.45, 2.75) is 26.3 Å². The van der Waals surface area contributed by atoms with Crippen molar-refractivity contribution >= 4 is 34.6 Å². The molecule has 2 rings (SSSR count). The van der Waals surface area contributed by atoms with Crippen LogP contribution < -0.4 is 16.0 Å². The smallest absolute Gasteiger partial charge is 0.146 e. The van der Waals surface area contributed by atoms with Crippen molar-refractivity contribution in [2.75, 3.05) is 30.3 Å². The van der Waals surface area contributed by atoms with Gasteiger partial charge < -0.3 is 16.0 Å². The highest BCUT2D eigenvalue weighted by molar-refractivity contribution is 6.35. The van der Waals surface area contributed by atoms with Gasteiger partial charge in [-0.2, -0.15) is 0 Å². The first-order valence-electron chi connectivity index (χ1n) is 8.47. The van der Waals surface area contributed by atoms with Crippen LogP contribution in [-0.2, 0) is 0 Å². The lowest BCUT2D eigenvalue weighted by Crippen LogP contribution is -2.22. The van der Waals surface area contributed by atoms with Crippen molar-refractivity contribution in [3.05, 3.63) is 57.8 Å². The van der Waals surface area contributed by atoms with Gasteiger partial charge in [-0.1, -0.05) is 36.2 Å². The lowest BCUT2D eigenvalue weighted by atomic mass is 10.1. The molecule has 6 heteroatoms. The molecule has 1 atom stereocenters. The van der Waals surface area contributed by atoms with Gasteiger partial charge in [0.1, 0.15) is 5.82 Å². The van der Waals surface area contributed by atoms with Gasteiger partial charge in [-0.25, -0.2) is 4.39 Å². The van der Waals surface area contributed by atoms with E-state index in [2.05, 4.69) is 22.9 Å². The van der Waals surface area contributed by atoms with Gasteiger partial charge in [0, 0.05) is 28.8 Å².